The van der Waals surface area contributed by atoms with Crippen LogP contribution in [0.15, 0.2) is 12.2 Å². The highest BCUT2D eigenvalue weighted by Crippen LogP contribution is 2.32. The first kappa shape index (κ1) is 12.9. The number of likely N-dealkylation sites (tertiary alicyclic amines) is 1. The third-order valence-electron chi connectivity index (χ3n) is 2.25. The summed E-state index contributed by atoms with van der Waals surface area (Å²) in [7, 11) is 0. The molecular formula is C11H17F2NO2. The summed E-state index contributed by atoms with van der Waals surface area (Å²) in [6.45, 7) is 8.36. The van der Waals surface area contributed by atoms with Crippen LogP contribution >= 0.6 is 0 Å². The van der Waals surface area contributed by atoms with Crippen LogP contribution < -0.4 is 0 Å². The summed E-state index contributed by atoms with van der Waals surface area (Å²) in [4.78, 5) is 12.8. The largest absolute Gasteiger partial charge is 0.444 e. The molecule has 0 aromatic carbocycles. The van der Waals surface area contributed by atoms with Crippen molar-refractivity contribution >= 4 is 6.09 Å². The molecule has 0 aromatic heterocycles. The van der Waals surface area contributed by atoms with Crippen LogP contribution in [-0.4, -0.2) is 35.6 Å². The zero-order valence-electron chi connectivity index (χ0n) is 9.85. The van der Waals surface area contributed by atoms with Crippen LogP contribution in [-0.2, 0) is 4.74 Å². The molecule has 1 rings (SSSR count). The SMILES string of the molecule is C=C1CN(C(=O)OC(C)(C)C)CCC1(F)F. The monoisotopic (exact) mass is 233 g/mol. The quantitative estimate of drug-likeness (QED) is 0.602. The van der Waals surface area contributed by atoms with E-state index in [0.29, 0.717) is 0 Å². The Balaban J connectivity index is 2.59. The van der Waals surface area contributed by atoms with E-state index in [2.05, 4.69) is 6.58 Å². The maximum absolute atomic E-state index is 13.1. The highest BCUT2D eigenvalue weighted by atomic mass is 19.3. The summed E-state index contributed by atoms with van der Waals surface area (Å²) < 4.78 is 31.3. The van der Waals surface area contributed by atoms with Gasteiger partial charge >= 0.3 is 6.09 Å². The first-order chi connectivity index (χ1) is 7.12. The number of carbonyl (C=O) groups is 1. The third kappa shape index (κ3) is 3.18. The molecule has 0 spiro atoms. The van der Waals surface area contributed by atoms with Crippen LogP contribution in [0.4, 0.5) is 13.6 Å². The lowest BCUT2D eigenvalue weighted by atomic mass is 10.0. The fraction of sp³-hybridized carbons (Fsp3) is 0.727. The Bertz CT molecular complexity index is 308. The molecule has 92 valence electrons. The number of piperidine rings is 1. The van der Waals surface area contributed by atoms with Gasteiger partial charge in [0, 0.05) is 18.5 Å². The number of alkyl halides is 2. The lowest BCUT2D eigenvalue weighted by Gasteiger charge is -2.34. The topological polar surface area (TPSA) is 29.5 Å². The molecule has 1 fully saturated rings. The van der Waals surface area contributed by atoms with Crippen LogP contribution in [0.3, 0.4) is 0 Å². The molecule has 5 heteroatoms. The summed E-state index contributed by atoms with van der Waals surface area (Å²) in [6.07, 6.45) is -0.949. The molecule has 0 N–H and O–H groups in total. The smallest absolute Gasteiger partial charge is 0.410 e. The van der Waals surface area contributed by atoms with Crippen molar-refractivity contribution in [3.63, 3.8) is 0 Å². The number of carbonyl (C=O) groups excluding carboxylic acids is 1. The molecule has 0 bridgehead atoms. The van der Waals surface area contributed by atoms with Crippen molar-refractivity contribution in [2.75, 3.05) is 13.1 Å². The molecule has 1 aliphatic heterocycles. The summed E-state index contributed by atoms with van der Waals surface area (Å²) >= 11 is 0. The maximum Gasteiger partial charge on any atom is 0.410 e. The van der Waals surface area contributed by atoms with Crippen LogP contribution in [0.5, 0.6) is 0 Å². The van der Waals surface area contributed by atoms with Gasteiger partial charge in [-0.05, 0) is 20.8 Å². The first-order valence-corrected chi connectivity index (χ1v) is 5.16. The van der Waals surface area contributed by atoms with E-state index < -0.39 is 17.6 Å². The number of halogens is 2. The standard InChI is InChI=1S/C11H17F2NO2/c1-8-7-14(6-5-11(8,12)13)9(15)16-10(2,3)4/h1,5-7H2,2-4H3. The fourth-order valence-corrected chi connectivity index (χ4v) is 1.36. The second-order valence-electron chi connectivity index (χ2n) is 4.96. The van der Waals surface area contributed by atoms with Gasteiger partial charge in [0.1, 0.15) is 5.60 Å². The lowest BCUT2D eigenvalue weighted by Crippen LogP contribution is -2.46. The van der Waals surface area contributed by atoms with Gasteiger partial charge < -0.3 is 9.64 Å². The van der Waals surface area contributed by atoms with Crippen LogP contribution in [0.1, 0.15) is 27.2 Å². The van der Waals surface area contributed by atoms with E-state index in [9.17, 15) is 13.6 Å². The second-order valence-corrected chi connectivity index (χ2v) is 4.96. The summed E-state index contributed by atoms with van der Waals surface area (Å²) in [6, 6.07) is 0. The molecular weight excluding hydrogens is 216 g/mol. The number of nitrogens with zero attached hydrogens (tertiary/aromatic N) is 1. The van der Waals surface area contributed by atoms with Gasteiger partial charge in [0.2, 0.25) is 0 Å². The number of hydrogen-bond donors (Lipinski definition) is 0. The van der Waals surface area contributed by atoms with Crippen LogP contribution in [0.25, 0.3) is 0 Å². The van der Waals surface area contributed by atoms with Crippen molar-refractivity contribution < 1.29 is 18.3 Å². The van der Waals surface area contributed by atoms with Gasteiger partial charge in [-0.2, -0.15) is 0 Å². The number of amides is 1. The van der Waals surface area contributed by atoms with E-state index in [1.54, 1.807) is 20.8 Å². The van der Waals surface area contributed by atoms with Crippen molar-refractivity contribution in [3.05, 3.63) is 12.2 Å². The Morgan fingerprint density at radius 2 is 2.06 bits per heavy atom. The Kier molecular flexibility index (Phi) is 3.26. The maximum atomic E-state index is 13.1. The molecule has 3 nitrogen and oxygen atoms in total. The first-order valence-electron chi connectivity index (χ1n) is 5.16. The minimum atomic E-state index is -2.86. The van der Waals surface area contributed by atoms with Crippen molar-refractivity contribution in [2.24, 2.45) is 0 Å². The average molecular weight is 233 g/mol. The third-order valence-corrected chi connectivity index (χ3v) is 2.25. The Morgan fingerprint density at radius 1 is 1.50 bits per heavy atom. The highest BCUT2D eigenvalue weighted by Gasteiger charge is 2.40. The van der Waals surface area contributed by atoms with Crippen molar-refractivity contribution in [3.8, 4) is 0 Å². The average Bonchev–Trinajstić information content (AvgIpc) is 2.06. The van der Waals surface area contributed by atoms with Crippen LogP contribution in [0.2, 0.25) is 0 Å². The van der Waals surface area contributed by atoms with Gasteiger partial charge in [0.05, 0.1) is 6.54 Å². The van der Waals surface area contributed by atoms with Crippen molar-refractivity contribution in [1.82, 2.24) is 4.90 Å². The van der Waals surface area contributed by atoms with Gasteiger partial charge in [-0.1, -0.05) is 6.58 Å². The molecule has 0 atom stereocenters. The van der Waals surface area contributed by atoms with Gasteiger partial charge in [0.15, 0.2) is 0 Å². The van der Waals surface area contributed by atoms with Crippen molar-refractivity contribution in [2.45, 2.75) is 38.7 Å². The molecule has 1 heterocycles. The molecule has 0 saturated carbocycles. The van der Waals surface area contributed by atoms with Gasteiger partial charge in [-0.3, -0.25) is 0 Å². The minimum absolute atomic E-state index is 0.000926. The van der Waals surface area contributed by atoms with E-state index in [1.807, 2.05) is 0 Å². The molecule has 0 radical (unpaired) electrons. The zero-order valence-corrected chi connectivity index (χ0v) is 9.85. The molecule has 1 aliphatic rings. The Morgan fingerprint density at radius 3 is 2.50 bits per heavy atom. The molecule has 1 saturated heterocycles. The summed E-state index contributed by atoms with van der Waals surface area (Å²) in [5.74, 6) is -2.86. The minimum Gasteiger partial charge on any atom is -0.444 e. The Labute approximate surface area is 94.1 Å². The molecule has 0 unspecified atom stereocenters. The number of rotatable bonds is 0. The molecule has 0 aromatic rings. The summed E-state index contributed by atoms with van der Waals surface area (Å²) in [5, 5.41) is 0. The van der Waals surface area contributed by atoms with Gasteiger partial charge in [-0.25, -0.2) is 13.6 Å². The van der Waals surface area contributed by atoms with E-state index in [0.717, 1.165) is 0 Å². The lowest BCUT2D eigenvalue weighted by molar-refractivity contribution is -0.0185. The number of hydrogen-bond acceptors (Lipinski definition) is 2. The Hall–Kier alpha value is -1.13. The molecule has 16 heavy (non-hydrogen) atoms. The highest BCUT2D eigenvalue weighted by molar-refractivity contribution is 5.68. The summed E-state index contributed by atoms with van der Waals surface area (Å²) in [5.41, 5.74) is -0.845. The molecule has 0 aliphatic carbocycles. The van der Waals surface area contributed by atoms with Crippen LogP contribution in [0, 0.1) is 0 Å². The van der Waals surface area contributed by atoms with Gasteiger partial charge in [-0.15, -0.1) is 0 Å². The zero-order chi connectivity index (χ0) is 12.6. The normalized spacial score (nSPS) is 20.8. The van der Waals surface area contributed by atoms with E-state index >= 15 is 0 Å². The van der Waals surface area contributed by atoms with E-state index in [1.165, 1.54) is 4.90 Å². The predicted octanol–water partition coefficient (Wildman–Crippen LogP) is 2.82. The second kappa shape index (κ2) is 4.03. The molecule has 1 amide bonds. The fourth-order valence-electron chi connectivity index (χ4n) is 1.36. The predicted molar refractivity (Wildman–Crippen MR) is 56.5 cm³/mol. The van der Waals surface area contributed by atoms with Gasteiger partial charge in [0.25, 0.3) is 5.92 Å². The van der Waals surface area contributed by atoms with E-state index in [-0.39, 0.29) is 25.1 Å². The van der Waals surface area contributed by atoms with E-state index in [4.69, 9.17) is 4.74 Å². The van der Waals surface area contributed by atoms with Crippen molar-refractivity contribution in [1.29, 1.82) is 0 Å². The number of ether oxygens (including phenoxy) is 1.